The maximum Gasteiger partial charge on any atom is 0.0673 e. The Morgan fingerprint density at radius 2 is 2.33 bits per heavy atom. The normalized spacial score (nSPS) is 28.3. The highest BCUT2D eigenvalue weighted by Crippen LogP contribution is 2.34. The second-order valence-electron chi connectivity index (χ2n) is 4.47. The molecule has 0 saturated heterocycles. The van der Waals surface area contributed by atoms with E-state index in [1.807, 2.05) is 0 Å². The first kappa shape index (κ1) is 9.75. The summed E-state index contributed by atoms with van der Waals surface area (Å²) >= 11 is 0. The fraction of sp³-hybridized carbons (Fsp3) is 0.800. The molecule has 0 aliphatic heterocycles. The SMILES string of the molecule is COCC1=CC(N)CC(C)(C)C1. The number of nitrogens with two attached hydrogens (primary N) is 1. The monoisotopic (exact) mass is 169 g/mol. The van der Waals surface area contributed by atoms with Gasteiger partial charge in [0.25, 0.3) is 0 Å². The summed E-state index contributed by atoms with van der Waals surface area (Å²) in [7, 11) is 1.73. The van der Waals surface area contributed by atoms with Crippen LogP contribution in [0.2, 0.25) is 0 Å². The lowest BCUT2D eigenvalue weighted by molar-refractivity contribution is 0.203. The molecule has 70 valence electrons. The van der Waals surface area contributed by atoms with E-state index in [0.717, 1.165) is 19.4 Å². The van der Waals surface area contributed by atoms with Crippen molar-refractivity contribution in [2.45, 2.75) is 32.7 Å². The Kier molecular flexibility index (Phi) is 2.91. The third-order valence-corrected chi connectivity index (χ3v) is 2.27. The van der Waals surface area contributed by atoms with Gasteiger partial charge in [0, 0.05) is 13.2 Å². The Labute approximate surface area is 74.8 Å². The molecule has 1 atom stereocenters. The predicted octanol–water partition coefficient (Wildman–Crippen LogP) is 1.71. The number of methoxy groups -OCH3 is 1. The van der Waals surface area contributed by atoms with Crippen LogP contribution in [0.4, 0.5) is 0 Å². The zero-order chi connectivity index (χ0) is 9.19. The molecule has 1 rings (SSSR count). The fourth-order valence-corrected chi connectivity index (χ4v) is 2.03. The summed E-state index contributed by atoms with van der Waals surface area (Å²) < 4.78 is 5.10. The first-order valence-electron chi connectivity index (χ1n) is 4.47. The van der Waals surface area contributed by atoms with Crippen molar-refractivity contribution in [3.63, 3.8) is 0 Å². The molecule has 1 aliphatic carbocycles. The van der Waals surface area contributed by atoms with E-state index < -0.39 is 0 Å². The van der Waals surface area contributed by atoms with Crippen LogP contribution >= 0.6 is 0 Å². The Balaban J connectivity index is 2.63. The summed E-state index contributed by atoms with van der Waals surface area (Å²) in [6, 6.07) is 0.221. The number of hydrogen-bond acceptors (Lipinski definition) is 2. The van der Waals surface area contributed by atoms with E-state index in [1.165, 1.54) is 5.57 Å². The van der Waals surface area contributed by atoms with Crippen molar-refractivity contribution in [1.29, 1.82) is 0 Å². The van der Waals surface area contributed by atoms with E-state index in [2.05, 4.69) is 19.9 Å². The van der Waals surface area contributed by atoms with Crippen molar-refractivity contribution in [1.82, 2.24) is 0 Å². The molecule has 0 radical (unpaired) electrons. The molecule has 1 aliphatic rings. The van der Waals surface area contributed by atoms with Crippen LogP contribution in [0.25, 0.3) is 0 Å². The molecule has 0 aromatic heterocycles. The molecule has 1 unspecified atom stereocenters. The molecule has 2 N–H and O–H groups in total. The Hall–Kier alpha value is -0.340. The highest BCUT2D eigenvalue weighted by Gasteiger charge is 2.26. The van der Waals surface area contributed by atoms with Crippen LogP contribution in [0.1, 0.15) is 26.7 Å². The smallest absolute Gasteiger partial charge is 0.0673 e. The van der Waals surface area contributed by atoms with Crippen molar-refractivity contribution in [2.75, 3.05) is 13.7 Å². The summed E-state index contributed by atoms with van der Waals surface area (Å²) in [5.41, 5.74) is 7.60. The Morgan fingerprint density at radius 3 is 2.83 bits per heavy atom. The van der Waals surface area contributed by atoms with Crippen molar-refractivity contribution >= 4 is 0 Å². The molecule has 0 heterocycles. The number of hydrogen-bond donors (Lipinski definition) is 1. The summed E-state index contributed by atoms with van der Waals surface area (Å²) in [6.07, 6.45) is 4.35. The van der Waals surface area contributed by atoms with Gasteiger partial charge in [0.05, 0.1) is 6.61 Å². The Morgan fingerprint density at radius 1 is 1.67 bits per heavy atom. The van der Waals surface area contributed by atoms with Gasteiger partial charge in [-0.1, -0.05) is 19.9 Å². The quantitative estimate of drug-likeness (QED) is 0.639. The summed E-state index contributed by atoms with van der Waals surface area (Å²) in [5.74, 6) is 0. The third-order valence-electron chi connectivity index (χ3n) is 2.27. The summed E-state index contributed by atoms with van der Waals surface area (Å²) in [5, 5.41) is 0. The van der Waals surface area contributed by atoms with Crippen LogP contribution in [0, 0.1) is 5.41 Å². The first-order valence-corrected chi connectivity index (χ1v) is 4.47. The lowest BCUT2D eigenvalue weighted by Crippen LogP contribution is -2.31. The van der Waals surface area contributed by atoms with Crippen LogP contribution in [-0.4, -0.2) is 19.8 Å². The first-order chi connectivity index (χ1) is 5.53. The van der Waals surface area contributed by atoms with Crippen LogP contribution < -0.4 is 5.73 Å². The highest BCUT2D eigenvalue weighted by molar-refractivity contribution is 5.14. The van der Waals surface area contributed by atoms with E-state index in [9.17, 15) is 0 Å². The highest BCUT2D eigenvalue weighted by atomic mass is 16.5. The topological polar surface area (TPSA) is 35.2 Å². The molecule has 12 heavy (non-hydrogen) atoms. The molecule has 2 heteroatoms. The van der Waals surface area contributed by atoms with Gasteiger partial charge in [0.1, 0.15) is 0 Å². The largest absolute Gasteiger partial charge is 0.380 e. The van der Waals surface area contributed by atoms with Gasteiger partial charge < -0.3 is 10.5 Å². The van der Waals surface area contributed by atoms with E-state index in [-0.39, 0.29) is 6.04 Å². The van der Waals surface area contributed by atoms with Gasteiger partial charge >= 0.3 is 0 Å². The van der Waals surface area contributed by atoms with Gasteiger partial charge in [-0.25, -0.2) is 0 Å². The van der Waals surface area contributed by atoms with Crippen LogP contribution in [0.3, 0.4) is 0 Å². The van der Waals surface area contributed by atoms with Gasteiger partial charge in [0.15, 0.2) is 0 Å². The van der Waals surface area contributed by atoms with Crippen LogP contribution in [-0.2, 0) is 4.74 Å². The van der Waals surface area contributed by atoms with Crippen molar-refractivity contribution < 1.29 is 4.74 Å². The second-order valence-corrected chi connectivity index (χ2v) is 4.47. The molecule has 0 aromatic rings. The van der Waals surface area contributed by atoms with Gasteiger partial charge in [-0.2, -0.15) is 0 Å². The van der Waals surface area contributed by atoms with Crippen LogP contribution in [0.5, 0.6) is 0 Å². The molecular formula is C10H19NO. The Bertz CT molecular complexity index is 184. The van der Waals surface area contributed by atoms with Gasteiger partial charge in [0.2, 0.25) is 0 Å². The molecule has 0 spiro atoms. The second kappa shape index (κ2) is 3.58. The van der Waals surface area contributed by atoms with Crippen molar-refractivity contribution in [3.05, 3.63) is 11.6 Å². The zero-order valence-corrected chi connectivity index (χ0v) is 8.26. The fourth-order valence-electron chi connectivity index (χ4n) is 2.03. The molecule has 0 saturated carbocycles. The third kappa shape index (κ3) is 2.61. The number of rotatable bonds is 2. The molecule has 0 fully saturated rings. The van der Waals surface area contributed by atoms with Gasteiger partial charge in [-0.05, 0) is 23.8 Å². The number of ether oxygens (including phenoxy) is 1. The molecule has 0 bridgehead atoms. The molecule has 2 nitrogen and oxygen atoms in total. The predicted molar refractivity (Wildman–Crippen MR) is 50.9 cm³/mol. The lowest BCUT2D eigenvalue weighted by Gasteiger charge is -2.32. The van der Waals surface area contributed by atoms with Crippen molar-refractivity contribution in [2.24, 2.45) is 11.1 Å². The zero-order valence-electron chi connectivity index (χ0n) is 8.26. The summed E-state index contributed by atoms with van der Waals surface area (Å²) in [4.78, 5) is 0. The van der Waals surface area contributed by atoms with Gasteiger partial charge in [-0.15, -0.1) is 0 Å². The van der Waals surface area contributed by atoms with E-state index in [1.54, 1.807) is 7.11 Å². The average molecular weight is 169 g/mol. The minimum absolute atomic E-state index is 0.221. The molecular weight excluding hydrogens is 150 g/mol. The van der Waals surface area contributed by atoms with E-state index in [4.69, 9.17) is 10.5 Å². The van der Waals surface area contributed by atoms with E-state index >= 15 is 0 Å². The van der Waals surface area contributed by atoms with E-state index in [0.29, 0.717) is 5.41 Å². The van der Waals surface area contributed by atoms with Crippen molar-refractivity contribution in [3.8, 4) is 0 Å². The lowest BCUT2D eigenvalue weighted by atomic mass is 9.76. The molecule has 0 amide bonds. The van der Waals surface area contributed by atoms with Crippen LogP contribution in [0.15, 0.2) is 11.6 Å². The maximum atomic E-state index is 5.90. The minimum atomic E-state index is 0.221. The average Bonchev–Trinajstić information content (AvgIpc) is 1.82. The maximum absolute atomic E-state index is 5.90. The minimum Gasteiger partial charge on any atom is -0.380 e. The standard InChI is InChI=1S/C10H19NO/c1-10(2)5-8(7-12-3)4-9(11)6-10/h4,9H,5-7,11H2,1-3H3. The summed E-state index contributed by atoms with van der Waals surface area (Å²) in [6.45, 7) is 5.25. The van der Waals surface area contributed by atoms with Gasteiger partial charge in [-0.3, -0.25) is 0 Å². The molecule has 0 aromatic carbocycles.